The quantitative estimate of drug-likeness (QED) is 0.818. The maximum atomic E-state index is 12.0. The average molecular weight is 355 g/mol. The second-order valence-corrected chi connectivity index (χ2v) is 6.40. The highest BCUT2D eigenvalue weighted by Crippen LogP contribution is 2.17. The molecule has 1 fully saturated rings. The van der Waals surface area contributed by atoms with Gasteiger partial charge in [0, 0.05) is 17.6 Å². The van der Waals surface area contributed by atoms with Crippen LogP contribution in [0.1, 0.15) is 25.7 Å². The third kappa shape index (κ3) is 5.67. The van der Waals surface area contributed by atoms with Gasteiger partial charge in [0.15, 0.2) is 0 Å². The zero-order chi connectivity index (χ0) is 15.1. The van der Waals surface area contributed by atoms with Crippen LogP contribution in [0.3, 0.4) is 0 Å². The predicted octanol–water partition coefficient (Wildman–Crippen LogP) is 2.82. The second kappa shape index (κ2) is 8.39. The van der Waals surface area contributed by atoms with Crippen molar-refractivity contribution in [2.75, 3.05) is 26.7 Å². The van der Waals surface area contributed by atoms with Gasteiger partial charge in [-0.15, -0.1) is 0 Å². The van der Waals surface area contributed by atoms with Crippen LogP contribution >= 0.6 is 15.9 Å². The first-order valence-electron chi connectivity index (χ1n) is 7.51. The molecular weight excluding hydrogens is 332 g/mol. The lowest BCUT2D eigenvalue weighted by Gasteiger charge is -2.19. The van der Waals surface area contributed by atoms with E-state index in [-0.39, 0.29) is 5.91 Å². The Morgan fingerprint density at radius 1 is 1.33 bits per heavy atom. The second-order valence-electron chi connectivity index (χ2n) is 5.48. The van der Waals surface area contributed by atoms with Crippen LogP contribution in [0, 0.1) is 0 Å². The minimum atomic E-state index is 0.126. The fourth-order valence-corrected chi connectivity index (χ4v) is 2.72. The Balaban J connectivity index is 1.62. The van der Waals surface area contributed by atoms with Crippen molar-refractivity contribution >= 4 is 21.8 Å². The standard InChI is InChI=1S/C16H23BrN2O2/c1-19(16(20)12-18-14-4-2-3-5-14)10-11-21-15-8-6-13(17)7-9-15/h6-9,14,18H,2-5,10-12H2,1H3. The molecule has 0 aliphatic heterocycles. The van der Waals surface area contributed by atoms with E-state index in [1.54, 1.807) is 4.90 Å². The first-order chi connectivity index (χ1) is 10.1. The lowest BCUT2D eigenvalue weighted by Crippen LogP contribution is -2.40. The van der Waals surface area contributed by atoms with Crippen molar-refractivity contribution in [1.82, 2.24) is 10.2 Å². The zero-order valence-electron chi connectivity index (χ0n) is 12.5. The van der Waals surface area contributed by atoms with Crippen LogP contribution in [0.15, 0.2) is 28.7 Å². The number of likely N-dealkylation sites (N-methyl/N-ethyl adjacent to an activating group) is 1. The first-order valence-corrected chi connectivity index (χ1v) is 8.30. The predicted molar refractivity (Wildman–Crippen MR) is 87.5 cm³/mol. The number of carbonyl (C=O) groups is 1. The maximum Gasteiger partial charge on any atom is 0.236 e. The summed E-state index contributed by atoms with van der Waals surface area (Å²) in [6, 6.07) is 8.23. The van der Waals surface area contributed by atoms with Crippen molar-refractivity contribution in [3.8, 4) is 5.75 Å². The molecule has 1 saturated carbocycles. The third-order valence-electron chi connectivity index (χ3n) is 3.83. The molecule has 0 radical (unpaired) electrons. The maximum absolute atomic E-state index is 12.0. The molecule has 0 bridgehead atoms. The molecule has 0 unspecified atom stereocenters. The molecule has 21 heavy (non-hydrogen) atoms. The van der Waals surface area contributed by atoms with Crippen LogP contribution in [-0.4, -0.2) is 43.6 Å². The third-order valence-corrected chi connectivity index (χ3v) is 4.36. The molecule has 1 aliphatic carbocycles. The van der Waals surface area contributed by atoms with Crippen molar-refractivity contribution < 1.29 is 9.53 Å². The van der Waals surface area contributed by atoms with Gasteiger partial charge in [-0.2, -0.15) is 0 Å². The summed E-state index contributed by atoms with van der Waals surface area (Å²) in [4.78, 5) is 13.7. The number of hydrogen-bond acceptors (Lipinski definition) is 3. The highest BCUT2D eigenvalue weighted by molar-refractivity contribution is 9.10. The van der Waals surface area contributed by atoms with Gasteiger partial charge in [0.05, 0.1) is 13.1 Å². The molecule has 1 aromatic rings. The summed E-state index contributed by atoms with van der Waals surface area (Å²) in [5.41, 5.74) is 0. The van der Waals surface area contributed by atoms with Crippen LogP contribution in [0.2, 0.25) is 0 Å². The van der Waals surface area contributed by atoms with E-state index in [4.69, 9.17) is 4.74 Å². The Labute approximate surface area is 135 Å². The lowest BCUT2D eigenvalue weighted by atomic mass is 10.2. The molecule has 1 aromatic carbocycles. The number of ether oxygens (including phenoxy) is 1. The SMILES string of the molecule is CN(CCOc1ccc(Br)cc1)C(=O)CNC1CCCC1. The molecule has 0 saturated heterocycles. The van der Waals surface area contributed by atoms with Crippen molar-refractivity contribution in [2.24, 2.45) is 0 Å². The van der Waals surface area contributed by atoms with Gasteiger partial charge in [-0.05, 0) is 37.1 Å². The average Bonchev–Trinajstić information content (AvgIpc) is 3.00. The van der Waals surface area contributed by atoms with E-state index in [1.165, 1.54) is 25.7 Å². The number of nitrogens with zero attached hydrogens (tertiary/aromatic N) is 1. The molecule has 5 heteroatoms. The van der Waals surface area contributed by atoms with E-state index in [2.05, 4.69) is 21.2 Å². The summed E-state index contributed by atoms with van der Waals surface area (Å²) in [7, 11) is 1.82. The van der Waals surface area contributed by atoms with Crippen LogP contribution in [0.5, 0.6) is 5.75 Å². The highest BCUT2D eigenvalue weighted by atomic mass is 79.9. The number of carbonyl (C=O) groups excluding carboxylic acids is 1. The number of nitrogens with one attached hydrogen (secondary N) is 1. The number of hydrogen-bond donors (Lipinski definition) is 1. The van der Waals surface area contributed by atoms with Gasteiger partial charge in [-0.3, -0.25) is 4.79 Å². The molecule has 0 heterocycles. The number of benzene rings is 1. The van der Waals surface area contributed by atoms with Crippen LogP contribution in [0.25, 0.3) is 0 Å². The molecule has 2 rings (SSSR count). The van der Waals surface area contributed by atoms with Crippen molar-refractivity contribution in [3.63, 3.8) is 0 Å². The first kappa shape index (κ1) is 16.3. The Kier molecular flexibility index (Phi) is 6.51. The van der Waals surface area contributed by atoms with Gasteiger partial charge in [0.25, 0.3) is 0 Å². The van der Waals surface area contributed by atoms with E-state index in [0.29, 0.717) is 25.7 Å². The normalized spacial score (nSPS) is 15.1. The fourth-order valence-electron chi connectivity index (χ4n) is 2.45. The zero-order valence-corrected chi connectivity index (χ0v) is 14.1. The Bertz CT molecular complexity index is 444. The van der Waals surface area contributed by atoms with E-state index in [0.717, 1.165) is 10.2 Å². The topological polar surface area (TPSA) is 41.6 Å². The van der Waals surface area contributed by atoms with Gasteiger partial charge in [-0.1, -0.05) is 28.8 Å². The number of halogens is 1. The molecular formula is C16H23BrN2O2. The smallest absolute Gasteiger partial charge is 0.236 e. The molecule has 0 spiro atoms. The summed E-state index contributed by atoms with van der Waals surface area (Å²) in [6.45, 7) is 1.54. The van der Waals surface area contributed by atoms with E-state index < -0.39 is 0 Å². The molecule has 1 N–H and O–H groups in total. The van der Waals surface area contributed by atoms with Gasteiger partial charge in [-0.25, -0.2) is 0 Å². The molecule has 1 amide bonds. The van der Waals surface area contributed by atoms with Gasteiger partial charge >= 0.3 is 0 Å². The highest BCUT2D eigenvalue weighted by Gasteiger charge is 2.16. The van der Waals surface area contributed by atoms with Crippen LogP contribution in [0.4, 0.5) is 0 Å². The van der Waals surface area contributed by atoms with E-state index in [1.807, 2.05) is 31.3 Å². The van der Waals surface area contributed by atoms with Gasteiger partial charge < -0.3 is 15.0 Å². The van der Waals surface area contributed by atoms with E-state index in [9.17, 15) is 4.79 Å². The van der Waals surface area contributed by atoms with Gasteiger partial charge in [0.2, 0.25) is 5.91 Å². The Hall–Kier alpha value is -1.07. The molecule has 4 nitrogen and oxygen atoms in total. The summed E-state index contributed by atoms with van der Waals surface area (Å²) < 4.78 is 6.65. The molecule has 1 aliphatic rings. The van der Waals surface area contributed by atoms with E-state index >= 15 is 0 Å². The van der Waals surface area contributed by atoms with Crippen molar-refractivity contribution in [3.05, 3.63) is 28.7 Å². The largest absolute Gasteiger partial charge is 0.492 e. The minimum Gasteiger partial charge on any atom is -0.492 e. The summed E-state index contributed by atoms with van der Waals surface area (Å²) in [5, 5.41) is 3.34. The number of amides is 1. The molecule has 116 valence electrons. The molecule has 0 atom stereocenters. The van der Waals surface area contributed by atoms with Crippen LogP contribution < -0.4 is 10.1 Å². The summed E-state index contributed by atoms with van der Waals surface area (Å²) in [5.74, 6) is 0.949. The Morgan fingerprint density at radius 2 is 2.00 bits per heavy atom. The monoisotopic (exact) mass is 354 g/mol. The van der Waals surface area contributed by atoms with Crippen molar-refractivity contribution in [2.45, 2.75) is 31.7 Å². The lowest BCUT2D eigenvalue weighted by molar-refractivity contribution is -0.129. The van der Waals surface area contributed by atoms with Crippen molar-refractivity contribution in [1.29, 1.82) is 0 Å². The Morgan fingerprint density at radius 3 is 2.67 bits per heavy atom. The van der Waals surface area contributed by atoms with Gasteiger partial charge in [0.1, 0.15) is 12.4 Å². The minimum absolute atomic E-state index is 0.126. The molecule has 0 aromatic heterocycles. The summed E-state index contributed by atoms with van der Waals surface area (Å²) >= 11 is 3.39. The van der Waals surface area contributed by atoms with Crippen LogP contribution in [-0.2, 0) is 4.79 Å². The fraction of sp³-hybridized carbons (Fsp3) is 0.562. The summed E-state index contributed by atoms with van der Waals surface area (Å²) in [6.07, 6.45) is 4.96. The number of rotatable bonds is 7.